The highest BCUT2D eigenvalue weighted by molar-refractivity contribution is 6.25. The molecule has 0 aromatic heterocycles. The fourth-order valence-electron chi connectivity index (χ4n) is 6.31. The number of benzene rings is 1. The van der Waals surface area contributed by atoms with Gasteiger partial charge in [0, 0.05) is 18.0 Å². The molecule has 3 aliphatic carbocycles. The minimum atomic E-state index is -3.00. The van der Waals surface area contributed by atoms with Crippen LogP contribution in [0.5, 0.6) is 5.75 Å². The second-order valence-electron chi connectivity index (χ2n) is 10.7. The van der Waals surface area contributed by atoms with Gasteiger partial charge in [-0.1, -0.05) is 25.1 Å². The molecule has 0 heterocycles. The average molecular weight is 571 g/mol. The van der Waals surface area contributed by atoms with Gasteiger partial charge < -0.3 is 41.9 Å². The number of rotatable bonds is 7. The second kappa shape index (κ2) is 10.7. The lowest BCUT2D eigenvalue weighted by molar-refractivity contribution is -0.162. The Morgan fingerprint density at radius 2 is 1.83 bits per heavy atom. The fraction of sp³-hybridized carbons (Fsp3) is 0.429. The summed E-state index contributed by atoms with van der Waals surface area (Å²) in [5.41, 5.74) is 0.762. The van der Waals surface area contributed by atoms with E-state index in [9.17, 15) is 44.7 Å². The molecule has 0 saturated carbocycles. The van der Waals surface area contributed by atoms with E-state index >= 15 is 0 Å². The standard InChI is InChI=1S/C28H34N4O9/c1-5-6-9-30-10-14(33)31-13-8-7-12-11(2)15-17(22(35)16(12)21(13)34)25(38)28(41)19(23(15)36)20(32(3)4)24(37)18(26(28)39)27(29)40/h5-8,11,15,19-20,23,30,34,36-38,41H,9-10H2,1-4H3,(H2,29,40)(H,31,33)/t11?,15?,19?,20-,23?,28-/m0/s1. The van der Waals surface area contributed by atoms with Crippen molar-refractivity contribution in [2.75, 3.05) is 32.5 Å². The van der Waals surface area contributed by atoms with Crippen molar-refractivity contribution in [2.45, 2.75) is 37.5 Å². The van der Waals surface area contributed by atoms with Gasteiger partial charge in [-0.25, -0.2) is 0 Å². The number of aliphatic hydroxyl groups is 4. The largest absolute Gasteiger partial charge is 0.510 e. The number of hydrogen-bond acceptors (Lipinski definition) is 11. The van der Waals surface area contributed by atoms with Crippen molar-refractivity contribution in [3.8, 4) is 5.75 Å². The molecule has 0 aliphatic heterocycles. The average Bonchev–Trinajstić information content (AvgIpc) is 2.89. The first-order valence-corrected chi connectivity index (χ1v) is 13.0. The summed E-state index contributed by atoms with van der Waals surface area (Å²) in [5.74, 6) is -10.3. The van der Waals surface area contributed by atoms with E-state index in [1.165, 1.54) is 31.1 Å². The lowest BCUT2D eigenvalue weighted by Gasteiger charge is -2.53. The summed E-state index contributed by atoms with van der Waals surface area (Å²) in [4.78, 5) is 53.2. The van der Waals surface area contributed by atoms with Gasteiger partial charge in [0.2, 0.25) is 11.7 Å². The zero-order chi connectivity index (χ0) is 30.5. The third-order valence-corrected chi connectivity index (χ3v) is 8.19. The number of carbonyl (C=O) groups is 4. The van der Waals surface area contributed by atoms with Gasteiger partial charge in [-0.3, -0.25) is 24.1 Å². The number of nitrogens with one attached hydrogen (secondary N) is 2. The number of amides is 2. The van der Waals surface area contributed by atoms with Crippen LogP contribution >= 0.6 is 0 Å². The van der Waals surface area contributed by atoms with E-state index in [2.05, 4.69) is 10.6 Å². The molecule has 220 valence electrons. The molecule has 0 spiro atoms. The number of phenols is 1. The molecule has 13 heteroatoms. The fourth-order valence-corrected chi connectivity index (χ4v) is 6.31. The molecule has 13 nitrogen and oxygen atoms in total. The maximum Gasteiger partial charge on any atom is 0.255 e. The van der Waals surface area contributed by atoms with Crippen LogP contribution in [0.4, 0.5) is 5.69 Å². The quantitative estimate of drug-likeness (QED) is 0.0924. The number of Topliss-reactive ketones (excluding diaryl/α,β-unsaturated/α-hetero) is 2. The predicted octanol–water partition coefficient (Wildman–Crippen LogP) is -0.243. The third kappa shape index (κ3) is 4.41. The number of fused-ring (bicyclic) bond motifs is 3. The van der Waals surface area contributed by atoms with Crippen molar-refractivity contribution in [1.29, 1.82) is 0 Å². The summed E-state index contributed by atoms with van der Waals surface area (Å²) in [6.07, 6.45) is 1.93. The Morgan fingerprint density at radius 3 is 2.41 bits per heavy atom. The van der Waals surface area contributed by atoms with Crippen molar-refractivity contribution >= 4 is 29.1 Å². The number of nitrogens with two attached hydrogens (primary N) is 1. The first-order valence-electron chi connectivity index (χ1n) is 13.0. The number of nitrogens with zero attached hydrogens (tertiary/aromatic N) is 1. The van der Waals surface area contributed by atoms with Crippen molar-refractivity contribution in [1.82, 2.24) is 10.2 Å². The number of allylic oxidation sites excluding steroid dienone is 1. The van der Waals surface area contributed by atoms with Gasteiger partial charge in [-0.05, 0) is 38.6 Å². The van der Waals surface area contributed by atoms with Crippen LogP contribution in [0.2, 0.25) is 0 Å². The number of aliphatic hydroxyl groups excluding tert-OH is 3. The molecular weight excluding hydrogens is 536 g/mol. The molecule has 4 rings (SSSR count). The van der Waals surface area contributed by atoms with Crippen LogP contribution in [-0.2, 0) is 14.4 Å². The molecule has 41 heavy (non-hydrogen) atoms. The number of primary amides is 1. The molecule has 0 fully saturated rings. The Labute approximate surface area is 235 Å². The van der Waals surface area contributed by atoms with E-state index < -0.39 is 87.3 Å². The van der Waals surface area contributed by atoms with Crippen molar-refractivity contribution in [3.05, 3.63) is 58.1 Å². The predicted molar refractivity (Wildman–Crippen MR) is 146 cm³/mol. The van der Waals surface area contributed by atoms with Crippen molar-refractivity contribution in [3.63, 3.8) is 0 Å². The van der Waals surface area contributed by atoms with Gasteiger partial charge in [-0.2, -0.15) is 0 Å². The van der Waals surface area contributed by atoms with Crippen molar-refractivity contribution in [2.24, 2.45) is 17.6 Å². The summed E-state index contributed by atoms with van der Waals surface area (Å²) >= 11 is 0. The Hall–Kier alpha value is -4.04. The smallest absolute Gasteiger partial charge is 0.255 e. The molecule has 2 amide bonds. The van der Waals surface area contributed by atoms with Crippen LogP contribution in [0.15, 0.2) is 46.9 Å². The molecule has 6 atom stereocenters. The molecule has 0 radical (unpaired) electrons. The van der Waals surface area contributed by atoms with E-state index in [-0.39, 0.29) is 17.8 Å². The minimum Gasteiger partial charge on any atom is -0.510 e. The Morgan fingerprint density at radius 1 is 1.17 bits per heavy atom. The van der Waals surface area contributed by atoms with E-state index in [1.54, 1.807) is 19.1 Å². The number of aromatic hydroxyl groups is 1. The van der Waals surface area contributed by atoms with Crippen LogP contribution in [0.25, 0.3) is 0 Å². The van der Waals surface area contributed by atoms with Crippen LogP contribution < -0.4 is 16.4 Å². The Balaban J connectivity index is 1.85. The zero-order valence-electron chi connectivity index (χ0n) is 23.0. The summed E-state index contributed by atoms with van der Waals surface area (Å²) in [6.45, 7) is 3.81. The molecule has 1 aromatic carbocycles. The zero-order valence-corrected chi connectivity index (χ0v) is 23.0. The molecule has 0 bridgehead atoms. The monoisotopic (exact) mass is 570 g/mol. The van der Waals surface area contributed by atoms with Crippen LogP contribution in [0, 0.1) is 11.8 Å². The molecule has 4 unspecified atom stereocenters. The molecule has 0 saturated heterocycles. The third-order valence-electron chi connectivity index (χ3n) is 8.19. The number of anilines is 1. The number of likely N-dealkylation sites (N-methyl/N-ethyl adjacent to an activating group) is 1. The highest BCUT2D eigenvalue weighted by atomic mass is 16.4. The first kappa shape index (κ1) is 29.9. The lowest BCUT2D eigenvalue weighted by atomic mass is 9.55. The highest BCUT2D eigenvalue weighted by Crippen LogP contribution is 2.56. The molecular formula is C28H34N4O9. The Kier molecular flexibility index (Phi) is 7.84. The summed E-state index contributed by atoms with van der Waals surface area (Å²) < 4.78 is 0. The maximum absolute atomic E-state index is 13.9. The summed E-state index contributed by atoms with van der Waals surface area (Å²) in [6, 6.07) is 1.57. The van der Waals surface area contributed by atoms with E-state index in [4.69, 9.17) is 5.73 Å². The summed E-state index contributed by atoms with van der Waals surface area (Å²) in [7, 11) is 2.93. The van der Waals surface area contributed by atoms with Gasteiger partial charge in [0.1, 0.15) is 17.1 Å². The normalized spacial score (nSPS) is 29.5. The van der Waals surface area contributed by atoms with Gasteiger partial charge in [0.05, 0.1) is 35.9 Å². The van der Waals surface area contributed by atoms with Crippen molar-refractivity contribution < 1.29 is 44.7 Å². The minimum absolute atomic E-state index is 0.0843. The van der Waals surface area contributed by atoms with Gasteiger partial charge >= 0.3 is 0 Å². The second-order valence-corrected chi connectivity index (χ2v) is 10.7. The molecule has 1 aromatic rings. The maximum atomic E-state index is 13.9. The number of carbonyl (C=O) groups excluding carboxylic acids is 4. The number of hydrogen-bond donors (Lipinski definition) is 8. The van der Waals surface area contributed by atoms with Gasteiger partial charge in [0.15, 0.2) is 17.1 Å². The topological polar surface area (TPSA) is 223 Å². The van der Waals surface area contributed by atoms with Crippen LogP contribution in [-0.4, -0.2) is 98.7 Å². The van der Waals surface area contributed by atoms with E-state index in [1.807, 2.05) is 6.92 Å². The van der Waals surface area contributed by atoms with E-state index in [0.29, 0.717) is 12.1 Å². The molecule has 9 N–H and O–H groups in total. The molecule has 3 aliphatic rings. The Bertz CT molecular complexity index is 1430. The van der Waals surface area contributed by atoms with E-state index in [0.717, 1.165) is 0 Å². The first-order chi connectivity index (χ1) is 19.2. The van der Waals surface area contributed by atoms with Crippen LogP contribution in [0.1, 0.15) is 35.7 Å². The lowest BCUT2D eigenvalue weighted by Crippen LogP contribution is -2.68. The number of ketones is 2. The van der Waals surface area contributed by atoms with Crippen LogP contribution in [0.3, 0.4) is 0 Å². The SMILES string of the molecule is CC=CCNCC(=O)Nc1ccc2c(c1O)C(=O)C1=C(O)[C@]3(O)C(=O)C(C(N)=O)=C(O)[C@@H](N(C)C)C3C(O)C1C2C. The summed E-state index contributed by atoms with van der Waals surface area (Å²) in [5, 5.41) is 62.1. The number of phenolic OH excluding ortho intramolecular Hbond substituents is 1. The van der Waals surface area contributed by atoms with Gasteiger partial charge in [-0.15, -0.1) is 0 Å². The van der Waals surface area contributed by atoms with Gasteiger partial charge in [0.25, 0.3) is 5.91 Å². The highest BCUT2D eigenvalue weighted by Gasteiger charge is 2.67.